The Labute approximate surface area is 126 Å². The summed E-state index contributed by atoms with van der Waals surface area (Å²) in [7, 11) is 1.79. The first-order valence-electron chi connectivity index (χ1n) is 7.95. The fraction of sp³-hybridized carbons (Fsp3) is 0.588. The molecule has 0 radical (unpaired) electrons. The zero-order chi connectivity index (χ0) is 14.7. The molecule has 4 nitrogen and oxygen atoms in total. The highest BCUT2D eigenvalue weighted by atomic mass is 16.5. The van der Waals surface area contributed by atoms with Crippen LogP contribution in [0.2, 0.25) is 0 Å². The molecular formula is C17H24N2O2. The monoisotopic (exact) mass is 288 g/mol. The number of rotatable bonds is 4. The largest absolute Gasteiger partial charge is 0.381 e. The number of nitrogens with one attached hydrogen (secondary N) is 1. The van der Waals surface area contributed by atoms with Crippen LogP contribution >= 0.6 is 0 Å². The molecule has 1 aliphatic carbocycles. The van der Waals surface area contributed by atoms with Gasteiger partial charge in [0, 0.05) is 37.5 Å². The molecule has 1 aromatic rings. The Morgan fingerprint density at radius 1 is 1.14 bits per heavy atom. The van der Waals surface area contributed by atoms with Crippen LogP contribution in [0.25, 0.3) is 0 Å². The standard InChI is InChI=1S/C17H24N2O2/c1-21-16-9-11-19(12-10-16)15-7-5-14(6-8-15)18-17(20)13-3-2-4-13/h5-8,13,16H,2-4,9-12H2,1H3,(H,18,20). The summed E-state index contributed by atoms with van der Waals surface area (Å²) < 4.78 is 5.40. The fourth-order valence-electron chi connectivity index (χ4n) is 3.02. The molecule has 1 N–H and O–H groups in total. The van der Waals surface area contributed by atoms with Gasteiger partial charge in [0.15, 0.2) is 0 Å². The number of ether oxygens (including phenoxy) is 1. The van der Waals surface area contributed by atoms with Crippen LogP contribution in [0.3, 0.4) is 0 Å². The molecule has 1 aliphatic heterocycles. The van der Waals surface area contributed by atoms with Crippen molar-refractivity contribution in [3.05, 3.63) is 24.3 Å². The summed E-state index contributed by atoms with van der Waals surface area (Å²) in [6, 6.07) is 8.22. The van der Waals surface area contributed by atoms with E-state index in [0.29, 0.717) is 6.10 Å². The third-order valence-corrected chi connectivity index (χ3v) is 4.75. The van der Waals surface area contributed by atoms with Crippen molar-refractivity contribution in [2.45, 2.75) is 38.2 Å². The van der Waals surface area contributed by atoms with E-state index in [1.165, 1.54) is 12.1 Å². The van der Waals surface area contributed by atoms with E-state index in [4.69, 9.17) is 4.74 Å². The SMILES string of the molecule is COC1CCN(c2ccc(NC(=O)C3CCC3)cc2)CC1. The molecule has 4 heteroatoms. The van der Waals surface area contributed by atoms with Crippen LogP contribution < -0.4 is 10.2 Å². The quantitative estimate of drug-likeness (QED) is 0.926. The molecule has 2 fully saturated rings. The molecule has 1 saturated carbocycles. The van der Waals surface area contributed by atoms with Crippen molar-refractivity contribution in [2.24, 2.45) is 5.92 Å². The lowest BCUT2D eigenvalue weighted by Crippen LogP contribution is -2.36. The zero-order valence-corrected chi connectivity index (χ0v) is 12.7. The number of nitrogens with zero attached hydrogens (tertiary/aromatic N) is 1. The Bertz CT molecular complexity index is 474. The van der Waals surface area contributed by atoms with Gasteiger partial charge in [-0.1, -0.05) is 6.42 Å². The van der Waals surface area contributed by atoms with Gasteiger partial charge >= 0.3 is 0 Å². The van der Waals surface area contributed by atoms with Gasteiger partial charge in [0.1, 0.15) is 0 Å². The van der Waals surface area contributed by atoms with Crippen LogP contribution in [0, 0.1) is 5.92 Å². The highest BCUT2D eigenvalue weighted by Crippen LogP contribution is 2.28. The summed E-state index contributed by atoms with van der Waals surface area (Å²) in [6.07, 6.45) is 5.83. The second-order valence-electron chi connectivity index (χ2n) is 6.09. The maximum absolute atomic E-state index is 11.9. The van der Waals surface area contributed by atoms with Crippen molar-refractivity contribution in [1.82, 2.24) is 0 Å². The number of hydrogen-bond acceptors (Lipinski definition) is 3. The molecule has 1 amide bonds. The minimum Gasteiger partial charge on any atom is -0.381 e. The number of hydrogen-bond donors (Lipinski definition) is 1. The third kappa shape index (κ3) is 3.38. The lowest BCUT2D eigenvalue weighted by atomic mass is 9.85. The molecule has 1 aromatic carbocycles. The van der Waals surface area contributed by atoms with Gasteiger partial charge in [0.05, 0.1) is 6.10 Å². The Morgan fingerprint density at radius 3 is 2.33 bits per heavy atom. The summed E-state index contributed by atoms with van der Waals surface area (Å²) in [5.41, 5.74) is 2.13. The van der Waals surface area contributed by atoms with Gasteiger partial charge in [0.2, 0.25) is 5.91 Å². The molecule has 21 heavy (non-hydrogen) atoms. The first-order chi connectivity index (χ1) is 10.3. The minimum atomic E-state index is 0.176. The third-order valence-electron chi connectivity index (χ3n) is 4.75. The highest BCUT2D eigenvalue weighted by Gasteiger charge is 2.25. The maximum atomic E-state index is 11.9. The van der Waals surface area contributed by atoms with E-state index in [0.717, 1.165) is 44.5 Å². The molecule has 2 aliphatic rings. The summed E-state index contributed by atoms with van der Waals surface area (Å²) in [5, 5.41) is 3.01. The molecule has 114 valence electrons. The van der Waals surface area contributed by atoms with Crippen LogP contribution in [-0.4, -0.2) is 32.2 Å². The van der Waals surface area contributed by atoms with E-state index in [1.807, 2.05) is 12.1 Å². The van der Waals surface area contributed by atoms with Gasteiger partial charge in [-0.05, 0) is 49.9 Å². The molecule has 0 aromatic heterocycles. The Morgan fingerprint density at radius 2 is 1.81 bits per heavy atom. The Balaban J connectivity index is 1.55. The zero-order valence-electron chi connectivity index (χ0n) is 12.7. The van der Waals surface area contributed by atoms with Crippen molar-refractivity contribution in [3.8, 4) is 0 Å². The van der Waals surface area contributed by atoms with Crippen molar-refractivity contribution in [3.63, 3.8) is 0 Å². The Hall–Kier alpha value is -1.55. The van der Waals surface area contributed by atoms with E-state index >= 15 is 0 Å². The van der Waals surface area contributed by atoms with Gasteiger partial charge in [-0.15, -0.1) is 0 Å². The van der Waals surface area contributed by atoms with Gasteiger partial charge in [-0.3, -0.25) is 4.79 Å². The molecule has 3 rings (SSSR count). The van der Waals surface area contributed by atoms with Crippen LogP contribution in [0.1, 0.15) is 32.1 Å². The fourth-order valence-corrected chi connectivity index (χ4v) is 3.02. The van der Waals surface area contributed by atoms with Crippen LogP contribution in [0.4, 0.5) is 11.4 Å². The predicted molar refractivity (Wildman–Crippen MR) is 84.7 cm³/mol. The number of anilines is 2. The van der Waals surface area contributed by atoms with Crippen LogP contribution in [0.15, 0.2) is 24.3 Å². The molecule has 0 unspecified atom stereocenters. The van der Waals surface area contributed by atoms with Gasteiger partial charge in [-0.25, -0.2) is 0 Å². The second kappa shape index (κ2) is 6.48. The Kier molecular flexibility index (Phi) is 4.44. The smallest absolute Gasteiger partial charge is 0.227 e. The normalized spacial score (nSPS) is 20.1. The molecule has 1 saturated heterocycles. The topological polar surface area (TPSA) is 41.6 Å². The summed E-state index contributed by atoms with van der Waals surface area (Å²) >= 11 is 0. The summed E-state index contributed by atoms with van der Waals surface area (Å²) in [4.78, 5) is 14.3. The predicted octanol–water partition coefficient (Wildman–Crippen LogP) is 3.04. The number of carbonyl (C=O) groups excluding carboxylic acids is 1. The number of carbonyl (C=O) groups is 1. The van der Waals surface area contributed by atoms with E-state index < -0.39 is 0 Å². The number of methoxy groups -OCH3 is 1. The minimum absolute atomic E-state index is 0.176. The lowest BCUT2D eigenvalue weighted by Gasteiger charge is -2.33. The van der Waals surface area contributed by atoms with Crippen LogP contribution in [0.5, 0.6) is 0 Å². The van der Waals surface area contributed by atoms with Gasteiger partial charge in [0.25, 0.3) is 0 Å². The molecule has 1 heterocycles. The highest BCUT2D eigenvalue weighted by molar-refractivity contribution is 5.93. The molecule has 0 atom stereocenters. The first kappa shape index (κ1) is 14.4. The van der Waals surface area contributed by atoms with E-state index in [-0.39, 0.29) is 11.8 Å². The number of benzene rings is 1. The average Bonchev–Trinajstić information content (AvgIpc) is 2.46. The first-order valence-corrected chi connectivity index (χ1v) is 7.95. The van der Waals surface area contributed by atoms with Gasteiger partial charge < -0.3 is 15.0 Å². The number of amides is 1. The van der Waals surface area contributed by atoms with Crippen molar-refractivity contribution in [2.75, 3.05) is 30.4 Å². The van der Waals surface area contributed by atoms with Crippen molar-refractivity contribution in [1.29, 1.82) is 0 Å². The van der Waals surface area contributed by atoms with Crippen molar-refractivity contribution >= 4 is 17.3 Å². The lowest BCUT2D eigenvalue weighted by molar-refractivity contribution is -0.122. The molecule has 0 bridgehead atoms. The molecule has 0 spiro atoms. The second-order valence-corrected chi connectivity index (χ2v) is 6.09. The number of piperidine rings is 1. The average molecular weight is 288 g/mol. The summed E-state index contributed by atoms with van der Waals surface area (Å²) in [5.74, 6) is 0.410. The molecular weight excluding hydrogens is 264 g/mol. The van der Waals surface area contributed by atoms with E-state index in [2.05, 4.69) is 22.3 Å². The van der Waals surface area contributed by atoms with Gasteiger partial charge in [-0.2, -0.15) is 0 Å². The van der Waals surface area contributed by atoms with Crippen LogP contribution in [-0.2, 0) is 9.53 Å². The van der Waals surface area contributed by atoms with E-state index in [1.54, 1.807) is 7.11 Å². The maximum Gasteiger partial charge on any atom is 0.227 e. The summed E-state index contributed by atoms with van der Waals surface area (Å²) in [6.45, 7) is 2.07. The van der Waals surface area contributed by atoms with Crippen molar-refractivity contribution < 1.29 is 9.53 Å². The van der Waals surface area contributed by atoms with E-state index in [9.17, 15) is 4.79 Å².